The van der Waals surface area contributed by atoms with Gasteiger partial charge in [-0.1, -0.05) is 0 Å². The molecule has 4 aliphatic carbocycles. The van der Waals surface area contributed by atoms with Crippen molar-refractivity contribution in [3.8, 4) is 6.01 Å². The van der Waals surface area contributed by atoms with E-state index in [0.717, 1.165) is 25.0 Å². The Morgan fingerprint density at radius 3 is 2.42 bits per heavy atom. The van der Waals surface area contributed by atoms with Crippen molar-refractivity contribution < 1.29 is 17.9 Å². The van der Waals surface area contributed by atoms with Crippen molar-refractivity contribution in [1.82, 2.24) is 14.9 Å². The molecule has 4 bridgehead atoms. The lowest BCUT2D eigenvalue weighted by Crippen LogP contribution is -2.71. The van der Waals surface area contributed by atoms with Crippen LogP contribution >= 0.6 is 0 Å². The molecule has 0 radical (unpaired) electrons. The molecule has 1 atom stereocenters. The fourth-order valence-electron chi connectivity index (χ4n) is 7.83. The molecule has 31 heavy (non-hydrogen) atoms. The number of aryl methyl sites for hydroxylation is 1. The van der Waals surface area contributed by atoms with Crippen LogP contribution in [-0.2, 0) is 14.6 Å². The summed E-state index contributed by atoms with van der Waals surface area (Å²) in [5.41, 5.74) is 0.606. The molecule has 0 aromatic carbocycles. The number of carbonyl (C=O) groups is 1. The Balaban J connectivity index is 1.17. The zero-order valence-corrected chi connectivity index (χ0v) is 18.9. The number of nitrogens with zero attached hydrogens (tertiary/aromatic N) is 3. The van der Waals surface area contributed by atoms with Gasteiger partial charge >= 0.3 is 6.01 Å². The fraction of sp³-hybridized carbons (Fsp3) is 0.783. The van der Waals surface area contributed by atoms with Gasteiger partial charge in [-0.25, -0.2) is 18.4 Å². The Bertz CT molecular complexity index is 982. The third kappa shape index (κ3) is 2.96. The lowest BCUT2D eigenvalue weighted by Gasteiger charge is -2.59. The Hall–Kier alpha value is -1.70. The highest BCUT2D eigenvalue weighted by Gasteiger charge is 2.65. The van der Waals surface area contributed by atoms with Gasteiger partial charge in [0, 0.05) is 30.9 Å². The van der Waals surface area contributed by atoms with Crippen LogP contribution in [0.5, 0.6) is 6.01 Å². The number of rotatable bonds is 4. The number of hydrogen-bond acceptors (Lipinski definition) is 6. The molecule has 3 heterocycles. The van der Waals surface area contributed by atoms with Crippen molar-refractivity contribution in [1.29, 1.82) is 0 Å². The lowest BCUT2D eigenvalue weighted by molar-refractivity contribution is -0.164. The number of amides is 1. The SMILES string of the molecule is Cc1ccnc(OC[C@H]2CCS(=O)(=O)C23CN(C(=O)C24CC5CC(CC(C5)C2)C4)C3)n1. The summed E-state index contributed by atoms with van der Waals surface area (Å²) in [5.74, 6) is 2.40. The minimum atomic E-state index is -3.25. The molecule has 2 aliphatic heterocycles. The Morgan fingerprint density at radius 1 is 1.16 bits per heavy atom. The first-order chi connectivity index (χ1) is 14.8. The van der Waals surface area contributed by atoms with Gasteiger partial charge < -0.3 is 9.64 Å². The van der Waals surface area contributed by atoms with Crippen molar-refractivity contribution in [2.75, 3.05) is 25.4 Å². The average molecular weight is 446 g/mol. The largest absolute Gasteiger partial charge is 0.463 e. The predicted molar refractivity (Wildman–Crippen MR) is 114 cm³/mol. The normalized spacial score (nSPS) is 38.9. The van der Waals surface area contributed by atoms with E-state index in [4.69, 9.17) is 4.74 Å². The molecule has 1 amide bonds. The number of ether oxygens (including phenoxy) is 1. The Morgan fingerprint density at radius 2 is 1.81 bits per heavy atom. The minimum Gasteiger partial charge on any atom is -0.463 e. The summed E-state index contributed by atoms with van der Waals surface area (Å²) in [7, 11) is -3.25. The van der Waals surface area contributed by atoms with Crippen LogP contribution in [0.1, 0.15) is 50.6 Å². The highest BCUT2D eigenvalue weighted by atomic mass is 32.2. The van der Waals surface area contributed by atoms with E-state index in [9.17, 15) is 13.2 Å². The predicted octanol–water partition coefficient (Wildman–Crippen LogP) is 2.40. The van der Waals surface area contributed by atoms with Crippen LogP contribution in [0.3, 0.4) is 0 Å². The zero-order valence-electron chi connectivity index (χ0n) is 18.1. The Kier molecular flexibility index (Phi) is 4.28. The van der Waals surface area contributed by atoms with Crippen molar-refractivity contribution in [3.05, 3.63) is 18.0 Å². The van der Waals surface area contributed by atoms with Gasteiger partial charge in [0.2, 0.25) is 5.91 Å². The number of hydrogen-bond donors (Lipinski definition) is 0. The maximum atomic E-state index is 13.6. The van der Waals surface area contributed by atoms with Gasteiger partial charge in [0.25, 0.3) is 0 Å². The van der Waals surface area contributed by atoms with Crippen molar-refractivity contribution in [2.45, 2.75) is 56.6 Å². The molecule has 0 N–H and O–H groups in total. The summed E-state index contributed by atoms with van der Waals surface area (Å²) in [4.78, 5) is 23.9. The van der Waals surface area contributed by atoms with Crippen molar-refractivity contribution >= 4 is 15.7 Å². The van der Waals surface area contributed by atoms with Crippen LogP contribution in [0, 0.1) is 36.0 Å². The van der Waals surface area contributed by atoms with E-state index in [-0.39, 0.29) is 29.6 Å². The fourth-order valence-corrected chi connectivity index (χ4v) is 10.2. The summed E-state index contributed by atoms with van der Waals surface area (Å²) in [6, 6.07) is 2.09. The summed E-state index contributed by atoms with van der Waals surface area (Å²) < 4.78 is 31.0. The molecule has 1 aromatic heterocycles. The van der Waals surface area contributed by atoms with Gasteiger partial charge in [-0.15, -0.1) is 0 Å². The van der Waals surface area contributed by atoms with Gasteiger partial charge in [0.1, 0.15) is 4.75 Å². The summed E-state index contributed by atoms with van der Waals surface area (Å²) in [6.07, 6.45) is 9.17. The number of carbonyl (C=O) groups excluding carboxylic acids is 1. The third-order valence-electron chi connectivity index (χ3n) is 8.98. The van der Waals surface area contributed by atoms with Crippen LogP contribution in [-0.4, -0.2) is 59.4 Å². The first-order valence-corrected chi connectivity index (χ1v) is 13.4. The number of aromatic nitrogens is 2. The van der Waals surface area contributed by atoms with Crippen molar-refractivity contribution in [2.24, 2.45) is 29.1 Å². The second-order valence-corrected chi connectivity index (χ2v) is 13.5. The number of likely N-dealkylation sites (tertiary alicyclic amines) is 1. The smallest absolute Gasteiger partial charge is 0.316 e. The zero-order chi connectivity index (χ0) is 21.4. The van der Waals surface area contributed by atoms with Gasteiger partial charge in [0.15, 0.2) is 9.84 Å². The second-order valence-electron chi connectivity index (χ2n) is 11.0. The molecule has 0 unspecified atom stereocenters. The first kappa shape index (κ1) is 19.9. The molecule has 8 heteroatoms. The maximum absolute atomic E-state index is 13.6. The van der Waals surface area contributed by atoms with E-state index in [1.165, 1.54) is 19.3 Å². The molecule has 6 fully saturated rings. The van der Waals surface area contributed by atoms with Gasteiger partial charge in [0.05, 0.1) is 17.8 Å². The van der Waals surface area contributed by atoms with E-state index in [1.54, 1.807) is 12.3 Å². The summed E-state index contributed by atoms with van der Waals surface area (Å²) in [5, 5.41) is 0. The maximum Gasteiger partial charge on any atom is 0.316 e. The number of sulfone groups is 1. The highest BCUT2D eigenvalue weighted by Crippen LogP contribution is 2.61. The lowest BCUT2D eigenvalue weighted by atomic mass is 9.49. The molecule has 7 rings (SSSR count). The summed E-state index contributed by atoms with van der Waals surface area (Å²) in [6.45, 7) is 2.81. The molecular formula is C23H31N3O4S. The minimum absolute atomic E-state index is 0.123. The average Bonchev–Trinajstić information content (AvgIpc) is 2.94. The van der Waals surface area contributed by atoms with Gasteiger partial charge in [-0.05, 0) is 75.7 Å². The van der Waals surface area contributed by atoms with Gasteiger partial charge in [-0.2, -0.15) is 0 Å². The topological polar surface area (TPSA) is 89.5 Å². The van der Waals surface area contributed by atoms with Crippen LogP contribution < -0.4 is 4.74 Å². The molecular weight excluding hydrogens is 414 g/mol. The molecule has 6 aliphatic rings. The highest BCUT2D eigenvalue weighted by molar-refractivity contribution is 7.93. The van der Waals surface area contributed by atoms with E-state index >= 15 is 0 Å². The van der Waals surface area contributed by atoms with Crippen LogP contribution in [0.15, 0.2) is 12.3 Å². The van der Waals surface area contributed by atoms with E-state index < -0.39 is 14.6 Å². The molecule has 4 saturated carbocycles. The monoisotopic (exact) mass is 445 g/mol. The summed E-state index contributed by atoms with van der Waals surface area (Å²) >= 11 is 0. The second kappa shape index (κ2) is 6.65. The molecule has 1 aromatic rings. The molecule has 2 saturated heterocycles. The van der Waals surface area contributed by atoms with Crippen LogP contribution in [0.2, 0.25) is 0 Å². The standard InChI is InChI=1S/C23H31N3O4S/c1-15-2-4-24-21(25-15)30-12-19-3-5-31(28,29)23(19)13-26(14-23)20(27)22-9-16-6-17(10-22)8-18(7-16)11-22/h2,4,16-19H,3,5-14H2,1H3/t16?,17?,18?,19-,22?/m1/s1. The molecule has 1 spiro atoms. The molecule has 168 valence electrons. The quantitative estimate of drug-likeness (QED) is 0.707. The van der Waals surface area contributed by atoms with E-state index in [0.29, 0.717) is 43.3 Å². The van der Waals surface area contributed by atoms with Crippen LogP contribution in [0.25, 0.3) is 0 Å². The molecule has 7 nitrogen and oxygen atoms in total. The Labute approximate surface area is 183 Å². The van der Waals surface area contributed by atoms with Crippen LogP contribution in [0.4, 0.5) is 0 Å². The van der Waals surface area contributed by atoms with E-state index in [1.807, 2.05) is 11.8 Å². The third-order valence-corrected chi connectivity index (χ3v) is 11.6. The first-order valence-electron chi connectivity index (χ1n) is 11.7. The van der Waals surface area contributed by atoms with E-state index in [2.05, 4.69) is 9.97 Å². The van der Waals surface area contributed by atoms with Crippen molar-refractivity contribution in [3.63, 3.8) is 0 Å². The van der Waals surface area contributed by atoms with Gasteiger partial charge in [-0.3, -0.25) is 4.79 Å².